The van der Waals surface area contributed by atoms with Crippen LogP contribution >= 0.6 is 15.9 Å². The van der Waals surface area contributed by atoms with Gasteiger partial charge in [-0.2, -0.15) is 18.3 Å². The fourth-order valence-corrected chi connectivity index (χ4v) is 4.79. The molecule has 2 aromatic carbocycles. The highest BCUT2D eigenvalue weighted by Crippen LogP contribution is 2.45. The van der Waals surface area contributed by atoms with E-state index in [4.69, 9.17) is 0 Å². The predicted molar refractivity (Wildman–Crippen MR) is 119 cm³/mol. The molecule has 1 amide bonds. The Labute approximate surface area is 191 Å². The van der Waals surface area contributed by atoms with E-state index in [1.54, 1.807) is 29.2 Å². The number of fused-ring (bicyclic) bond motifs is 2. The molecule has 0 radical (unpaired) electrons. The second-order valence-electron chi connectivity index (χ2n) is 8.08. The first-order chi connectivity index (χ1) is 15.3. The first kappa shape index (κ1) is 21.1. The SMILES string of the molecule is O=C(c1cnn2c1N[C@@H](c1ccc(Br)cc1)C[C@H]2C(F)(F)F)N1CCCc2ccccc21. The molecule has 0 spiro atoms. The molecule has 0 aliphatic carbocycles. The maximum absolute atomic E-state index is 13.9. The molecule has 166 valence electrons. The van der Waals surface area contributed by atoms with Crippen molar-refractivity contribution >= 4 is 33.3 Å². The van der Waals surface area contributed by atoms with Crippen LogP contribution in [0.1, 0.15) is 46.4 Å². The molecule has 1 aromatic heterocycles. The van der Waals surface area contributed by atoms with Crippen molar-refractivity contribution in [3.8, 4) is 0 Å². The van der Waals surface area contributed by atoms with Crippen LogP contribution in [0.25, 0.3) is 0 Å². The van der Waals surface area contributed by atoms with Crippen molar-refractivity contribution in [1.29, 1.82) is 0 Å². The number of carbonyl (C=O) groups is 1. The monoisotopic (exact) mass is 504 g/mol. The number of aromatic nitrogens is 2. The number of para-hydroxylation sites is 1. The zero-order chi connectivity index (χ0) is 22.5. The molecule has 3 aromatic rings. The molecular weight excluding hydrogens is 485 g/mol. The number of benzene rings is 2. The summed E-state index contributed by atoms with van der Waals surface area (Å²) in [5, 5.41) is 7.16. The second kappa shape index (κ2) is 7.95. The van der Waals surface area contributed by atoms with Crippen molar-refractivity contribution in [3.05, 3.63) is 75.9 Å². The van der Waals surface area contributed by atoms with E-state index in [0.717, 1.165) is 38.8 Å². The third-order valence-electron chi connectivity index (χ3n) is 6.10. The van der Waals surface area contributed by atoms with Gasteiger partial charge in [0.15, 0.2) is 6.04 Å². The lowest BCUT2D eigenvalue weighted by Gasteiger charge is -2.35. The van der Waals surface area contributed by atoms with Crippen LogP contribution in [-0.2, 0) is 6.42 Å². The van der Waals surface area contributed by atoms with Crippen molar-refractivity contribution < 1.29 is 18.0 Å². The van der Waals surface area contributed by atoms with Gasteiger partial charge in [-0.25, -0.2) is 4.68 Å². The van der Waals surface area contributed by atoms with E-state index in [2.05, 4.69) is 26.3 Å². The number of hydrogen-bond acceptors (Lipinski definition) is 3. The van der Waals surface area contributed by atoms with Gasteiger partial charge in [-0.05, 0) is 42.2 Å². The maximum Gasteiger partial charge on any atom is 0.410 e. The highest BCUT2D eigenvalue weighted by molar-refractivity contribution is 9.10. The molecule has 3 heterocycles. The smallest absolute Gasteiger partial charge is 0.363 e. The average molecular weight is 505 g/mol. The number of amides is 1. The van der Waals surface area contributed by atoms with Gasteiger partial charge in [0.1, 0.15) is 11.4 Å². The number of nitrogens with zero attached hydrogens (tertiary/aromatic N) is 3. The van der Waals surface area contributed by atoms with Gasteiger partial charge < -0.3 is 10.2 Å². The minimum atomic E-state index is -4.49. The summed E-state index contributed by atoms with van der Waals surface area (Å²) in [6, 6.07) is 12.4. The molecule has 0 unspecified atom stereocenters. The maximum atomic E-state index is 13.9. The standard InChI is InChI=1S/C23H20BrF3N4O/c24-16-9-7-14(8-10-16)18-12-20(23(25,26)27)31-21(29-18)17(13-28-31)22(32)30-11-3-5-15-4-1-2-6-19(15)30/h1-2,4,6-10,13,18,20,29H,3,5,11-12H2/t18-,20+/m1/s1. The first-order valence-electron chi connectivity index (χ1n) is 10.4. The number of carbonyl (C=O) groups excluding carboxylic acids is 1. The Balaban J connectivity index is 1.54. The predicted octanol–water partition coefficient (Wildman–Crippen LogP) is 5.90. The van der Waals surface area contributed by atoms with E-state index in [1.165, 1.54) is 6.20 Å². The summed E-state index contributed by atoms with van der Waals surface area (Å²) >= 11 is 3.36. The summed E-state index contributed by atoms with van der Waals surface area (Å²) in [5.41, 5.74) is 2.73. The molecule has 0 saturated carbocycles. The molecule has 0 saturated heterocycles. The Morgan fingerprint density at radius 2 is 1.88 bits per heavy atom. The fourth-order valence-electron chi connectivity index (χ4n) is 4.52. The molecule has 0 bridgehead atoms. The van der Waals surface area contributed by atoms with Gasteiger partial charge in [0, 0.05) is 23.1 Å². The fraction of sp³-hybridized carbons (Fsp3) is 0.304. The molecule has 0 fully saturated rings. The summed E-state index contributed by atoms with van der Waals surface area (Å²) in [5.74, 6) is -0.233. The van der Waals surface area contributed by atoms with Gasteiger partial charge in [-0.3, -0.25) is 4.79 Å². The minimum Gasteiger partial charge on any atom is -0.363 e. The number of aryl methyl sites for hydroxylation is 1. The van der Waals surface area contributed by atoms with E-state index < -0.39 is 18.3 Å². The van der Waals surface area contributed by atoms with Crippen LogP contribution in [0.4, 0.5) is 24.7 Å². The molecule has 32 heavy (non-hydrogen) atoms. The van der Waals surface area contributed by atoms with E-state index in [0.29, 0.717) is 6.54 Å². The molecule has 2 aliphatic rings. The van der Waals surface area contributed by atoms with Crippen molar-refractivity contribution in [3.63, 3.8) is 0 Å². The van der Waals surface area contributed by atoms with E-state index in [-0.39, 0.29) is 23.7 Å². The van der Waals surface area contributed by atoms with E-state index >= 15 is 0 Å². The lowest BCUT2D eigenvalue weighted by atomic mass is 9.96. The van der Waals surface area contributed by atoms with Crippen LogP contribution in [0.5, 0.6) is 0 Å². The van der Waals surface area contributed by atoms with Crippen molar-refractivity contribution in [2.24, 2.45) is 0 Å². The van der Waals surface area contributed by atoms with Gasteiger partial charge in [-0.1, -0.05) is 46.3 Å². The number of halogens is 4. The molecule has 1 N–H and O–H groups in total. The van der Waals surface area contributed by atoms with Crippen molar-refractivity contribution in [2.45, 2.75) is 37.5 Å². The normalized spacial score (nSPS) is 20.3. The van der Waals surface area contributed by atoms with Crippen LogP contribution in [0.15, 0.2) is 59.2 Å². The summed E-state index contributed by atoms with van der Waals surface area (Å²) in [6.45, 7) is 0.513. The molecule has 5 rings (SSSR count). The summed E-state index contributed by atoms with van der Waals surface area (Å²) in [7, 11) is 0. The lowest BCUT2D eigenvalue weighted by molar-refractivity contribution is -0.173. The average Bonchev–Trinajstić information content (AvgIpc) is 3.21. The lowest BCUT2D eigenvalue weighted by Crippen LogP contribution is -2.38. The van der Waals surface area contributed by atoms with Gasteiger partial charge in [0.2, 0.25) is 0 Å². The van der Waals surface area contributed by atoms with E-state index in [1.807, 2.05) is 24.3 Å². The summed E-state index contributed by atoms with van der Waals surface area (Å²) < 4.78 is 43.6. The zero-order valence-electron chi connectivity index (χ0n) is 16.9. The van der Waals surface area contributed by atoms with Crippen molar-refractivity contribution in [2.75, 3.05) is 16.8 Å². The van der Waals surface area contributed by atoms with Gasteiger partial charge in [-0.15, -0.1) is 0 Å². The largest absolute Gasteiger partial charge is 0.410 e. The Bertz CT molecular complexity index is 1160. The third kappa shape index (κ3) is 3.68. The number of nitrogens with one attached hydrogen (secondary N) is 1. The van der Waals surface area contributed by atoms with Crippen LogP contribution in [-0.4, -0.2) is 28.4 Å². The number of alkyl halides is 3. The van der Waals surface area contributed by atoms with Gasteiger partial charge in [0.25, 0.3) is 5.91 Å². The van der Waals surface area contributed by atoms with Crippen LogP contribution < -0.4 is 10.2 Å². The third-order valence-corrected chi connectivity index (χ3v) is 6.63. The quantitative estimate of drug-likeness (QED) is 0.472. The molecular formula is C23H20BrF3N4O. The molecule has 2 aliphatic heterocycles. The van der Waals surface area contributed by atoms with Crippen LogP contribution in [0, 0.1) is 0 Å². The minimum absolute atomic E-state index is 0.111. The van der Waals surface area contributed by atoms with Crippen molar-refractivity contribution in [1.82, 2.24) is 9.78 Å². The zero-order valence-corrected chi connectivity index (χ0v) is 18.5. The Kier molecular flexibility index (Phi) is 5.23. The number of rotatable bonds is 2. The Hall–Kier alpha value is -2.81. The number of anilines is 2. The molecule has 2 atom stereocenters. The van der Waals surface area contributed by atoms with Gasteiger partial charge in [0.05, 0.1) is 12.2 Å². The number of hydrogen-bond donors (Lipinski definition) is 1. The van der Waals surface area contributed by atoms with Gasteiger partial charge >= 0.3 is 6.18 Å². The Morgan fingerprint density at radius 1 is 1.12 bits per heavy atom. The molecule has 9 heteroatoms. The highest BCUT2D eigenvalue weighted by Gasteiger charge is 2.47. The summed E-state index contributed by atoms with van der Waals surface area (Å²) in [6.07, 6.45) is -1.78. The second-order valence-corrected chi connectivity index (χ2v) is 9.00. The topological polar surface area (TPSA) is 50.2 Å². The Morgan fingerprint density at radius 3 is 2.62 bits per heavy atom. The first-order valence-corrected chi connectivity index (χ1v) is 11.2. The van der Waals surface area contributed by atoms with Crippen LogP contribution in [0.3, 0.4) is 0 Å². The highest BCUT2D eigenvalue weighted by atomic mass is 79.9. The van der Waals surface area contributed by atoms with Crippen LogP contribution in [0.2, 0.25) is 0 Å². The molecule has 5 nitrogen and oxygen atoms in total. The summed E-state index contributed by atoms with van der Waals surface area (Å²) in [4.78, 5) is 15.1. The van der Waals surface area contributed by atoms with E-state index in [9.17, 15) is 18.0 Å².